The van der Waals surface area contributed by atoms with E-state index in [1.54, 1.807) is 0 Å². The first-order chi connectivity index (χ1) is 5.41. The van der Waals surface area contributed by atoms with Crippen molar-refractivity contribution < 1.29 is 4.74 Å². The largest absolute Gasteiger partial charge is 0.376 e. The zero-order valence-corrected chi connectivity index (χ0v) is 6.81. The minimum absolute atomic E-state index is 0.392. The number of rotatable bonds is 0. The Morgan fingerprint density at radius 1 is 1.27 bits per heavy atom. The second kappa shape index (κ2) is 2.95. The highest BCUT2D eigenvalue weighted by Crippen LogP contribution is 2.32. The van der Waals surface area contributed by atoms with Crippen molar-refractivity contribution >= 4 is 0 Å². The quantitative estimate of drug-likeness (QED) is 0.523. The normalized spacial score (nSPS) is 29.1. The van der Waals surface area contributed by atoms with E-state index < -0.39 is 0 Å². The van der Waals surface area contributed by atoms with Gasteiger partial charge in [-0.25, -0.2) is 0 Å². The molecule has 0 bridgehead atoms. The van der Waals surface area contributed by atoms with E-state index in [9.17, 15) is 0 Å². The third kappa shape index (κ3) is 1.47. The Morgan fingerprint density at radius 3 is 2.73 bits per heavy atom. The Labute approximate surface area is 67.6 Å². The van der Waals surface area contributed by atoms with Crippen LogP contribution >= 0.6 is 0 Å². The van der Waals surface area contributed by atoms with E-state index in [0.717, 1.165) is 26.3 Å². The standard InChI is InChI=1S/C9H15NO/c1-2-9(8-11-7-1)3-5-10-6-4-9/h1-2,10H,3-8H2. The molecule has 0 atom stereocenters. The number of hydrogen-bond acceptors (Lipinski definition) is 2. The van der Waals surface area contributed by atoms with Crippen LogP contribution in [0.4, 0.5) is 0 Å². The van der Waals surface area contributed by atoms with Gasteiger partial charge in [-0.3, -0.25) is 0 Å². The van der Waals surface area contributed by atoms with Gasteiger partial charge in [-0.05, 0) is 25.9 Å². The molecular weight excluding hydrogens is 138 g/mol. The summed E-state index contributed by atoms with van der Waals surface area (Å²) < 4.78 is 5.45. The highest BCUT2D eigenvalue weighted by molar-refractivity contribution is 5.04. The zero-order valence-electron chi connectivity index (χ0n) is 6.81. The van der Waals surface area contributed by atoms with Gasteiger partial charge >= 0.3 is 0 Å². The van der Waals surface area contributed by atoms with E-state index in [4.69, 9.17) is 4.74 Å². The van der Waals surface area contributed by atoms with Gasteiger partial charge in [0, 0.05) is 5.41 Å². The Morgan fingerprint density at radius 2 is 2.09 bits per heavy atom. The topological polar surface area (TPSA) is 21.3 Å². The lowest BCUT2D eigenvalue weighted by Gasteiger charge is -2.36. The van der Waals surface area contributed by atoms with E-state index in [1.165, 1.54) is 12.8 Å². The van der Waals surface area contributed by atoms with Crippen LogP contribution in [0.5, 0.6) is 0 Å². The van der Waals surface area contributed by atoms with Crippen molar-refractivity contribution in [1.82, 2.24) is 5.32 Å². The fourth-order valence-electron chi connectivity index (χ4n) is 1.91. The zero-order chi connectivity index (χ0) is 7.57. The third-order valence-corrected chi connectivity index (χ3v) is 2.67. The van der Waals surface area contributed by atoms with Crippen molar-refractivity contribution in [2.75, 3.05) is 26.3 Å². The number of nitrogens with one attached hydrogen (secondary N) is 1. The van der Waals surface area contributed by atoms with Gasteiger partial charge in [-0.1, -0.05) is 12.2 Å². The maximum Gasteiger partial charge on any atom is 0.0648 e. The molecule has 0 aromatic carbocycles. The molecule has 0 unspecified atom stereocenters. The summed E-state index contributed by atoms with van der Waals surface area (Å²) in [5, 5.41) is 3.37. The highest BCUT2D eigenvalue weighted by Gasteiger charge is 2.30. The molecule has 2 heteroatoms. The fraction of sp³-hybridized carbons (Fsp3) is 0.778. The molecule has 0 aromatic rings. The molecule has 62 valence electrons. The second-order valence-electron chi connectivity index (χ2n) is 3.53. The first kappa shape index (κ1) is 7.32. The van der Waals surface area contributed by atoms with Crippen LogP contribution in [0.2, 0.25) is 0 Å². The minimum Gasteiger partial charge on any atom is -0.376 e. The molecule has 0 saturated carbocycles. The van der Waals surface area contributed by atoms with Gasteiger partial charge in [-0.15, -0.1) is 0 Å². The molecule has 2 aliphatic heterocycles. The first-order valence-electron chi connectivity index (χ1n) is 4.38. The third-order valence-electron chi connectivity index (χ3n) is 2.67. The Balaban J connectivity index is 2.06. The van der Waals surface area contributed by atoms with E-state index >= 15 is 0 Å². The molecule has 11 heavy (non-hydrogen) atoms. The summed E-state index contributed by atoms with van der Waals surface area (Å²) in [7, 11) is 0. The van der Waals surface area contributed by atoms with Crippen LogP contribution in [-0.4, -0.2) is 26.3 Å². The summed E-state index contributed by atoms with van der Waals surface area (Å²) in [5.41, 5.74) is 0.392. The molecule has 0 aromatic heterocycles. The summed E-state index contributed by atoms with van der Waals surface area (Å²) in [4.78, 5) is 0. The molecular formula is C9H15NO. The van der Waals surface area contributed by atoms with Crippen LogP contribution in [0.1, 0.15) is 12.8 Å². The van der Waals surface area contributed by atoms with E-state index in [2.05, 4.69) is 17.5 Å². The van der Waals surface area contributed by atoms with Gasteiger partial charge in [0.2, 0.25) is 0 Å². The first-order valence-corrected chi connectivity index (χ1v) is 4.38. The minimum atomic E-state index is 0.392. The number of hydrogen-bond donors (Lipinski definition) is 1. The number of ether oxygens (including phenoxy) is 1. The molecule has 0 aliphatic carbocycles. The van der Waals surface area contributed by atoms with E-state index in [1.807, 2.05) is 0 Å². The molecule has 2 rings (SSSR count). The smallest absolute Gasteiger partial charge is 0.0648 e. The van der Waals surface area contributed by atoms with Crippen molar-refractivity contribution in [3.8, 4) is 0 Å². The lowest BCUT2D eigenvalue weighted by Crippen LogP contribution is -2.39. The maximum atomic E-state index is 5.45. The summed E-state index contributed by atoms with van der Waals surface area (Å²) >= 11 is 0. The van der Waals surface area contributed by atoms with Crippen LogP contribution in [0.15, 0.2) is 12.2 Å². The van der Waals surface area contributed by atoms with Crippen LogP contribution in [0, 0.1) is 5.41 Å². The molecule has 1 N–H and O–H groups in total. The molecule has 1 saturated heterocycles. The van der Waals surface area contributed by atoms with Crippen LogP contribution in [-0.2, 0) is 4.74 Å². The van der Waals surface area contributed by atoms with E-state index in [-0.39, 0.29) is 0 Å². The summed E-state index contributed by atoms with van der Waals surface area (Å²) in [6.07, 6.45) is 7.00. The lowest BCUT2D eigenvalue weighted by atomic mass is 9.79. The maximum absolute atomic E-state index is 5.45. The lowest BCUT2D eigenvalue weighted by molar-refractivity contribution is 0.0542. The van der Waals surface area contributed by atoms with Gasteiger partial charge in [0.1, 0.15) is 0 Å². The molecule has 0 amide bonds. The van der Waals surface area contributed by atoms with Gasteiger partial charge in [0.05, 0.1) is 13.2 Å². The SMILES string of the molecule is C1=CC2(CCNCC2)COC1. The number of piperidine rings is 1. The molecule has 2 nitrogen and oxygen atoms in total. The predicted molar refractivity (Wildman–Crippen MR) is 44.5 cm³/mol. The Hall–Kier alpha value is -0.340. The van der Waals surface area contributed by atoms with Crippen molar-refractivity contribution in [2.45, 2.75) is 12.8 Å². The predicted octanol–water partition coefficient (Wildman–Crippen LogP) is 0.943. The van der Waals surface area contributed by atoms with Crippen molar-refractivity contribution in [2.24, 2.45) is 5.41 Å². The van der Waals surface area contributed by atoms with Crippen LogP contribution in [0.3, 0.4) is 0 Å². The average Bonchev–Trinajstić information content (AvgIpc) is 2.07. The van der Waals surface area contributed by atoms with Crippen molar-refractivity contribution in [3.63, 3.8) is 0 Å². The summed E-state index contributed by atoms with van der Waals surface area (Å²) in [6.45, 7) is 4.04. The molecule has 0 radical (unpaired) electrons. The second-order valence-corrected chi connectivity index (χ2v) is 3.53. The average molecular weight is 153 g/mol. The summed E-state index contributed by atoms with van der Waals surface area (Å²) in [6, 6.07) is 0. The van der Waals surface area contributed by atoms with Crippen LogP contribution in [0.25, 0.3) is 0 Å². The van der Waals surface area contributed by atoms with Gasteiger partial charge in [0.25, 0.3) is 0 Å². The molecule has 2 heterocycles. The molecule has 1 fully saturated rings. The van der Waals surface area contributed by atoms with Crippen molar-refractivity contribution in [1.29, 1.82) is 0 Å². The molecule has 1 spiro atoms. The fourth-order valence-corrected chi connectivity index (χ4v) is 1.91. The van der Waals surface area contributed by atoms with E-state index in [0.29, 0.717) is 5.41 Å². The molecule has 2 aliphatic rings. The Bertz CT molecular complexity index is 159. The van der Waals surface area contributed by atoms with Crippen LogP contribution < -0.4 is 5.32 Å². The van der Waals surface area contributed by atoms with Gasteiger partial charge in [-0.2, -0.15) is 0 Å². The highest BCUT2D eigenvalue weighted by atomic mass is 16.5. The van der Waals surface area contributed by atoms with Gasteiger partial charge in [0.15, 0.2) is 0 Å². The summed E-state index contributed by atoms with van der Waals surface area (Å²) in [5.74, 6) is 0. The van der Waals surface area contributed by atoms with Gasteiger partial charge < -0.3 is 10.1 Å². The monoisotopic (exact) mass is 153 g/mol. The van der Waals surface area contributed by atoms with Crippen molar-refractivity contribution in [3.05, 3.63) is 12.2 Å². The Kier molecular flexibility index (Phi) is 1.96.